The number of benzene rings is 2. The molecule has 2 heterocycles. The number of likely N-dealkylation sites (tertiary alicyclic amines) is 2. The Kier molecular flexibility index (Phi) is 7.95. The molecular formula is C23H30FN3OS. The number of carbonyl (C=O) groups excluding carboxylic acids is 1. The van der Waals surface area contributed by atoms with E-state index in [0.29, 0.717) is 0 Å². The minimum atomic E-state index is -0.453. The monoisotopic (exact) mass is 415 g/mol. The third kappa shape index (κ3) is 5.97. The van der Waals surface area contributed by atoms with E-state index in [1.807, 2.05) is 36.6 Å². The van der Waals surface area contributed by atoms with Gasteiger partial charge in [-0.1, -0.05) is 30.1 Å². The molecule has 2 fully saturated rings. The third-order valence-corrected chi connectivity index (χ3v) is 5.80. The minimum Gasteiger partial charge on any atom is -0.339 e. The van der Waals surface area contributed by atoms with Crippen LogP contribution >= 0.6 is 11.9 Å². The molecule has 0 aliphatic carbocycles. The van der Waals surface area contributed by atoms with Crippen molar-refractivity contribution < 1.29 is 9.18 Å². The van der Waals surface area contributed by atoms with Gasteiger partial charge in [-0.2, -0.15) is 0 Å². The molecule has 4 nitrogen and oxygen atoms in total. The quantitative estimate of drug-likeness (QED) is 0.702. The number of hydrogen-bond donors (Lipinski definition) is 1. The first kappa shape index (κ1) is 21.7. The first-order chi connectivity index (χ1) is 14.1. The summed E-state index contributed by atoms with van der Waals surface area (Å²) in [4.78, 5) is 16.4. The number of hydrogen-bond acceptors (Lipinski definition) is 4. The van der Waals surface area contributed by atoms with Crippen LogP contribution in [0.3, 0.4) is 0 Å². The summed E-state index contributed by atoms with van der Waals surface area (Å²) in [5.74, 6) is -0.656. The van der Waals surface area contributed by atoms with E-state index in [1.165, 1.54) is 43.9 Å². The first-order valence-corrected chi connectivity index (χ1v) is 11.5. The van der Waals surface area contributed by atoms with E-state index in [-0.39, 0.29) is 11.5 Å². The van der Waals surface area contributed by atoms with Crippen molar-refractivity contribution in [2.45, 2.75) is 25.7 Å². The van der Waals surface area contributed by atoms with Gasteiger partial charge in [0.25, 0.3) is 5.91 Å². The summed E-state index contributed by atoms with van der Waals surface area (Å²) < 4.78 is 17.5. The van der Waals surface area contributed by atoms with E-state index in [1.54, 1.807) is 11.0 Å². The van der Waals surface area contributed by atoms with Gasteiger partial charge in [0.2, 0.25) is 0 Å². The molecule has 2 aliphatic rings. The average molecular weight is 416 g/mol. The van der Waals surface area contributed by atoms with Crippen molar-refractivity contribution in [3.63, 3.8) is 0 Å². The van der Waals surface area contributed by atoms with Crippen LogP contribution in [0, 0.1) is 5.82 Å². The van der Waals surface area contributed by atoms with Crippen LogP contribution in [0.15, 0.2) is 42.5 Å². The van der Waals surface area contributed by atoms with E-state index >= 15 is 0 Å². The Morgan fingerprint density at radius 2 is 1.52 bits per heavy atom. The van der Waals surface area contributed by atoms with Gasteiger partial charge in [-0.15, -0.1) is 0 Å². The predicted molar refractivity (Wildman–Crippen MR) is 121 cm³/mol. The fourth-order valence-corrected chi connectivity index (χ4v) is 4.05. The highest BCUT2D eigenvalue weighted by Gasteiger charge is 2.22. The minimum absolute atomic E-state index is 0.163. The molecule has 1 N–H and O–H groups in total. The number of halogens is 1. The second-order valence-electron chi connectivity index (χ2n) is 7.59. The molecular weight excluding hydrogens is 385 g/mol. The molecule has 156 valence electrons. The second kappa shape index (κ2) is 10.6. The van der Waals surface area contributed by atoms with Gasteiger partial charge in [0.05, 0.1) is 5.56 Å². The van der Waals surface area contributed by atoms with Crippen LogP contribution in [-0.2, 0) is 0 Å². The normalized spacial score (nSPS) is 16.4. The van der Waals surface area contributed by atoms with Crippen molar-refractivity contribution in [2.24, 2.45) is 0 Å². The molecule has 2 aliphatic heterocycles. The molecule has 0 saturated carbocycles. The molecule has 6 heteroatoms. The Bertz CT molecular complexity index is 800. The van der Waals surface area contributed by atoms with E-state index in [4.69, 9.17) is 0 Å². The molecule has 0 radical (unpaired) electrons. The molecule has 4 rings (SSSR count). The van der Waals surface area contributed by atoms with Crippen molar-refractivity contribution in [1.29, 1.82) is 0 Å². The van der Waals surface area contributed by atoms with Crippen molar-refractivity contribution in [1.82, 2.24) is 9.80 Å². The number of nitrogens with zero attached hydrogens (tertiary/aromatic N) is 2. The summed E-state index contributed by atoms with van der Waals surface area (Å²) in [6, 6.07) is 12.6. The summed E-state index contributed by atoms with van der Waals surface area (Å²) in [6.45, 7) is 4.09. The molecule has 2 aromatic rings. The zero-order valence-corrected chi connectivity index (χ0v) is 18.1. The highest BCUT2D eigenvalue weighted by Crippen LogP contribution is 2.25. The van der Waals surface area contributed by atoms with Crippen LogP contribution in [0.1, 0.15) is 36.0 Å². The fraction of sp³-hybridized carbons (Fsp3) is 0.435. The van der Waals surface area contributed by atoms with Gasteiger partial charge in [-0.25, -0.2) is 4.39 Å². The van der Waals surface area contributed by atoms with Gasteiger partial charge in [-0.05, 0) is 81.2 Å². The van der Waals surface area contributed by atoms with Crippen LogP contribution < -0.4 is 4.72 Å². The first-order valence-electron chi connectivity index (χ1n) is 10.3. The lowest BCUT2D eigenvalue weighted by Crippen LogP contribution is -2.28. The maximum absolute atomic E-state index is 14.4. The lowest BCUT2D eigenvalue weighted by Gasteiger charge is -2.16. The second-order valence-corrected chi connectivity index (χ2v) is 8.20. The van der Waals surface area contributed by atoms with Crippen LogP contribution in [0.5, 0.6) is 0 Å². The summed E-state index contributed by atoms with van der Waals surface area (Å²) in [5, 5.41) is 0. The van der Waals surface area contributed by atoms with E-state index in [2.05, 4.69) is 16.7 Å². The molecule has 2 saturated heterocycles. The Hall–Kier alpha value is -2.05. The van der Waals surface area contributed by atoms with Crippen molar-refractivity contribution in [3.05, 3.63) is 53.8 Å². The number of anilines is 1. The van der Waals surface area contributed by atoms with E-state index < -0.39 is 5.82 Å². The molecule has 2 aromatic carbocycles. The number of amides is 1. The van der Waals surface area contributed by atoms with Gasteiger partial charge in [0.15, 0.2) is 0 Å². The molecule has 29 heavy (non-hydrogen) atoms. The van der Waals surface area contributed by atoms with Gasteiger partial charge in [-0.3, -0.25) is 4.79 Å². The van der Waals surface area contributed by atoms with Gasteiger partial charge in [0, 0.05) is 25.0 Å². The molecule has 0 atom stereocenters. The van der Waals surface area contributed by atoms with Crippen molar-refractivity contribution >= 4 is 23.5 Å². The molecule has 0 unspecified atom stereocenters. The summed E-state index contributed by atoms with van der Waals surface area (Å²) in [5.41, 5.74) is 2.87. The average Bonchev–Trinajstić information content (AvgIpc) is 3.43. The highest BCUT2D eigenvalue weighted by atomic mass is 32.2. The molecule has 0 bridgehead atoms. The van der Waals surface area contributed by atoms with Crippen molar-refractivity contribution in [2.75, 3.05) is 44.2 Å². The zero-order chi connectivity index (χ0) is 20.6. The van der Waals surface area contributed by atoms with Crippen LogP contribution in [0.25, 0.3) is 11.1 Å². The van der Waals surface area contributed by atoms with Gasteiger partial charge >= 0.3 is 0 Å². The Labute approximate surface area is 177 Å². The molecule has 1 amide bonds. The van der Waals surface area contributed by atoms with Crippen LogP contribution in [0.2, 0.25) is 0 Å². The highest BCUT2D eigenvalue weighted by molar-refractivity contribution is 7.99. The largest absolute Gasteiger partial charge is 0.339 e. The zero-order valence-electron chi connectivity index (χ0n) is 17.3. The Morgan fingerprint density at radius 1 is 0.931 bits per heavy atom. The number of nitrogens with one attached hydrogen (secondary N) is 1. The lowest BCUT2D eigenvalue weighted by atomic mass is 10.0. The maximum Gasteiger partial charge on any atom is 0.256 e. The Balaban J connectivity index is 0.000000343. The standard InChI is InChI=1S/C18H19FN2OS.C5H11N/c1-23-20-15-7-4-13(5-8-15)14-6-9-16(17(19)12-14)18(22)21-10-2-3-11-21;1-6-4-2-3-5-6/h4-9,12,20H,2-3,10-11H2,1H3;2-5H2,1H3. The van der Waals surface area contributed by atoms with E-state index in [0.717, 1.165) is 42.7 Å². The SMILES string of the molecule is CN1CCCC1.CSNc1ccc(-c2ccc(C(=O)N3CCCC3)c(F)c2)cc1. The Morgan fingerprint density at radius 3 is 2.03 bits per heavy atom. The lowest BCUT2D eigenvalue weighted by molar-refractivity contribution is 0.0788. The molecule has 0 spiro atoms. The van der Waals surface area contributed by atoms with Crippen LogP contribution in [0.4, 0.5) is 10.1 Å². The maximum atomic E-state index is 14.4. The molecule has 0 aromatic heterocycles. The van der Waals surface area contributed by atoms with Gasteiger partial charge < -0.3 is 14.5 Å². The summed E-state index contributed by atoms with van der Waals surface area (Å²) in [7, 11) is 2.17. The van der Waals surface area contributed by atoms with E-state index in [9.17, 15) is 9.18 Å². The topological polar surface area (TPSA) is 35.6 Å². The van der Waals surface area contributed by atoms with Crippen molar-refractivity contribution in [3.8, 4) is 11.1 Å². The summed E-state index contributed by atoms with van der Waals surface area (Å²) >= 11 is 1.52. The van der Waals surface area contributed by atoms with Gasteiger partial charge in [0.1, 0.15) is 5.82 Å². The third-order valence-electron chi connectivity index (χ3n) is 5.36. The fourth-order valence-electron chi connectivity index (χ4n) is 3.68. The smallest absolute Gasteiger partial charge is 0.256 e. The number of carbonyl (C=O) groups is 1. The predicted octanol–water partition coefficient (Wildman–Crippen LogP) is 5.13. The number of rotatable bonds is 4. The van der Waals surface area contributed by atoms with Crippen LogP contribution in [-0.4, -0.2) is 55.2 Å². The summed E-state index contributed by atoms with van der Waals surface area (Å²) in [6.07, 6.45) is 6.79.